The summed E-state index contributed by atoms with van der Waals surface area (Å²) in [6.07, 6.45) is 1.26. The summed E-state index contributed by atoms with van der Waals surface area (Å²) in [6.45, 7) is 5.86. The Bertz CT molecular complexity index is 650. The van der Waals surface area contributed by atoms with E-state index in [1.165, 1.54) is 6.08 Å². The largest absolute Gasteiger partial charge is 0.457 e. The molecular formula is C17H16INO2. The molecule has 1 amide bonds. The van der Waals surface area contributed by atoms with Crippen LogP contribution in [0.2, 0.25) is 0 Å². The molecule has 0 radical (unpaired) electrons. The molecule has 4 heteroatoms. The van der Waals surface area contributed by atoms with Gasteiger partial charge in [-0.15, -0.1) is 0 Å². The number of benzene rings is 2. The summed E-state index contributed by atoms with van der Waals surface area (Å²) in [5.74, 6) is 1.32. The van der Waals surface area contributed by atoms with E-state index in [0.29, 0.717) is 6.54 Å². The molecule has 0 bridgehead atoms. The van der Waals surface area contributed by atoms with Crippen LogP contribution in [-0.2, 0) is 11.3 Å². The first-order valence-electron chi connectivity index (χ1n) is 6.51. The first-order valence-corrected chi connectivity index (χ1v) is 7.59. The van der Waals surface area contributed by atoms with Crippen LogP contribution in [0, 0.1) is 10.5 Å². The van der Waals surface area contributed by atoms with Gasteiger partial charge in [0, 0.05) is 15.7 Å². The van der Waals surface area contributed by atoms with Crippen molar-refractivity contribution >= 4 is 28.5 Å². The average molecular weight is 393 g/mol. The first kappa shape index (κ1) is 15.6. The summed E-state index contributed by atoms with van der Waals surface area (Å²) in [5.41, 5.74) is 2.05. The van der Waals surface area contributed by atoms with E-state index in [0.717, 1.165) is 26.2 Å². The zero-order valence-corrected chi connectivity index (χ0v) is 13.9. The third-order valence-corrected chi connectivity index (χ3v) is 3.62. The molecule has 0 atom stereocenters. The molecule has 0 aliphatic rings. The molecule has 108 valence electrons. The number of aryl methyl sites for hydroxylation is 1. The molecule has 0 aliphatic heterocycles. The van der Waals surface area contributed by atoms with E-state index in [1.807, 2.05) is 49.4 Å². The molecule has 2 rings (SSSR count). The third-order valence-electron chi connectivity index (χ3n) is 2.90. The van der Waals surface area contributed by atoms with Crippen molar-refractivity contribution in [3.05, 3.63) is 69.8 Å². The monoisotopic (exact) mass is 393 g/mol. The lowest BCUT2D eigenvalue weighted by molar-refractivity contribution is -0.116. The van der Waals surface area contributed by atoms with Gasteiger partial charge >= 0.3 is 0 Å². The summed E-state index contributed by atoms with van der Waals surface area (Å²) in [6, 6.07) is 13.7. The number of carbonyl (C=O) groups is 1. The van der Waals surface area contributed by atoms with E-state index in [9.17, 15) is 4.79 Å². The fourth-order valence-electron chi connectivity index (χ4n) is 1.83. The highest BCUT2D eigenvalue weighted by atomic mass is 127. The van der Waals surface area contributed by atoms with Crippen LogP contribution in [-0.4, -0.2) is 5.91 Å². The minimum atomic E-state index is -0.197. The van der Waals surface area contributed by atoms with Gasteiger partial charge in [0.15, 0.2) is 0 Å². The summed E-state index contributed by atoms with van der Waals surface area (Å²) >= 11 is 2.25. The van der Waals surface area contributed by atoms with E-state index < -0.39 is 0 Å². The average Bonchev–Trinajstić information content (AvgIpc) is 2.49. The molecule has 3 nitrogen and oxygen atoms in total. The van der Waals surface area contributed by atoms with Crippen molar-refractivity contribution in [3.63, 3.8) is 0 Å². The Morgan fingerprint density at radius 3 is 2.67 bits per heavy atom. The quantitative estimate of drug-likeness (QED) is 0.611. The highest BCUT2D eigenvalue weighted by Gasteiger charge is 2.07. The lowest BCUT2D eigenvalue weighted by Crippen LogP contribution is -2.20. The zero-order chi connectivity index (χ0) is 15.2. The van der Waals surface area contributed by atoms with Crippen LogP contribution in [0.3, 0.4) is 0 Å². The van der Waals surface area contributed by atoms with Crippen LogP contribution in [0.5, 0.6) is 11.5 Å². The Kier molecular flexibility index (Phi) is 5.38. The highest BCUT2D eigenvalue weighted by molar-refractivity contribution is 14.1. The van der Waals surface area contributed by atoms with Crippen molar-refractivity contribution in [3.8, 4) is 11.5 Å². The van der Waals surface area contributed by atoms with E-state index in [4.69, 9.17) is 4.74 Å². The molecule has 2 aromatic carbocycles. The van der Waals surface area contributed by atoms with Crippen molar-refractivity contribution in [1.29, 1.82) is 0 Å². The van der Waals surface area contributed by atoms with Crippen LogP contribution in [0.25, 0.3) is 0 Å². The van der Waals surface area contributed by atoms with E-state index in [2.05, 4.69) is 34.5 Å². The molecule has 0 fully saturated rings. The molecule has 0 saturated carbocycles. The Morgan fingerprint density at radius 1 is 1.29 bits per heavy atom. The van der Waals surface area contributed by atoms with Gasteiger partial charge in [0.25, 0.3) is 0 Å². The van der Waals surface area contributed by atoms with E-state index >= 15 is 0 Å². The lowest BCUT2D eigenvalue weighted by atomic mass is 10.1. The number of nitrogens with one attached hydrogen (secondary N) is 1. The van der Waals surface area contributed by atoms with Crippen LogP contribution >= 0.6 is 22.6 Å². The number of halogens is 1. The van der Waals surface area contributed by atoms with E-state index in [-0.39, 0.29) is 5.91 Å². The Balaban J connectivity index is 2.19. The normalized spacial score (nSPS) is 10.0. The highest BCUT2D eigenvalue weighted by Crippen LogP contribution is 2.26. The minimum absolute atomic E-state index is 0.197. The summed E-state index contributed by atoms with van der Waals surface area (Å²) in [5, 5.41) is 2.77. The van der Waals surface area contributed by atoms with Gasteiger partial charge in [-0.2, -0.15) is 0 Å². The van der Waals surface area contributed by atoms with Crippen molar-refractivity contribution in [2.45, 2.75) is 13.5 Å². The molecule has 0 unspecified atom stereocenters. The van der Waals surface area contributed by atoms with Crippen LogP contribution in [0.15, 0.2) is 55.1 Å². The minimum Gasteiger partial charge on any atom is -0.457 e. The van der Waals surface area contributed by atoms with Crippen LogP contribution in [0.1, 0.15) is 11.1 Å². The molecule has 2 aromatic rings. The number of rotatable bonds is 5. The van der Waals surface area contributed by atoms with Gasteiger partial charge in [0.2, 0.25) is 5.91 Å². The van der Waals surface area contributed by atoms with Crippen LogP contribution in [0.4, 0.5) is 0 Å². The van der Waals surface area contributed by atoms with Crippen molar-refractivity contribution in [2.75, 3.05) is 0 Å². The Labute approximate surface area is 138 Å². The molecule has 0 spiro atoms. The lowest BCUT2D eigenvalue weighted by Gasteiger charge is -2.12. The third kappa shape index (κ3) is 4.60. The SMILES string of the molecule is C=CC(=O)NCc1cc(C)ccc1Oc1ccc(I)cc1. The summed E-state index contributed by atoms with van der Waals surface area (Å²) in [7, 11) is 0. The van der Waals surface area contributed by atoms with Gasteiger partial charge in [-0.1, -0.05) is 24.3 Å². The smallest absolute Gasteiger partial charge is 0.243 e. The maximum atomic E-state index is 11.3. The molecule has 21 heavy (non-hydrogen) atoms. The van der Waals surface area contributed by atoms with Crippen molar-refractivity contribution < 1.29 is 9.53 Å². The van der Waals surface area contributed by atoms with E-state index in [1.54, 1.807) is 0 Å². The van der Waals surface area contributed by atoms with Gasteiger partial charge in [-0.05, 0) is 65.9 Å². The number of hydrogen-bond acceptors (Lipinski definition) is 2. The molecule has 0 aromatic heterocycles. The van der Waals surface area contributed by atoms with Gasteiger partial charge < -0.3 is 10.1 Å². The topological polar surface area (TPSA) is 38.3 Å². The predicted octanol–water partition coefficient (Wildman–Crippen LogP) is 4.19. The maximum Gasteiger partial charge on any atom is 0.243 e. The predicted molar refractivity (Wildman–Crippen MR) is 92.5 cm³/mol. The van der Waals surface area contributed by atoms with Crippen molar-refractivity contribution in [2.24, 2.45) is 0 Å². The van der Waals surface area contributed by atoms with Gasteiger partial charge in [-0.3, -0.25) is 4.79 Å². The standard InChI is InChI=1S/C17H16INO2/c1-3-17(20)19-11-13-10-12(2)4-9-16(13)21-15-7-5-14(18)6-8-15/h3-10H,1,11H2,2H3,(H,19,20). The second-order valence-electron chi connectivity index (χ2n) is 4.59. The fourth-order valence-corrected chi connectivity index (χ4v) is 2.19. The van der Waals surface area contributed by atoms with Gasteiger partial charge in [0.1, 0.15) is 11.5 Å². The summed E-state index contributed by atoms with van der Waals surface area (Å²) in [4.78, 5) is 11.3. The van der Waals surface area contributed by atoms with Crippen molar-refractivity contribution in [1.82, 2.24) is 5.32 Å². The van der Waals surface area contributed by atoms with Gasteiger partial charge in [0.05, 0.1) is 0 Å². The Morgan fingerprint density at radius 2 is 2.00 bits per heavy atom. The Hall–Kier alpha value is -1.82. The number of amides is 1. The maximum absolute atomic E-state index is 11.3. The second-order valence-corrected chi connectivity index (χ2v) is 5.83. The van der Waals surface area contributed by atoms with Gasteiger partial charge in [-0.25, -0.2) is 0 Å². The number of hydrogen-bond donors (Lipinski definition) is 1. The summed E-state index contributed by atoms with van der Waals surface area (Å²) < 4.78 is 7.06. The van der Waals surface area contributed by atoms with Crippen LogP contribution < -0.4 is 10.1 Å². The molecule has 0 aliphatic carbocycles. The number of carbonyl (C=O) groups excluding carboxylic acids is 1. The first-order chi connectivity index (χ1) is 10.1. The number of ether oxygens (including phenoxy) is 1. The fraction of sp³-hybridized carbons (Fsp3) is 0.118. The molecule has 1 N–H and O–H groups in total. The zero-order valence-electron chi connectivity index (χ0n) is 11.7. The molecular weight excluding hydrogens is 377 g/mol. The molecule has 0 saturated heterocycles. The second kappa shape index (κ2) is 7.26. The molecule has 0 heterocycles.